The van der Waals surface area contributed by atoms with E-state index in [4.69, 9.17) is 0 Å². The Hall–Kier alpha value is -0.930. The highest BCUT2D eigenvalue weighted by Crippen LogP contribution is 2.22. The maximum absolute atomic E-state index is 12.2. The minimum Gasteiger partial charge on any atom is -0.479 e. The van der Waals surface area contributed by atoms with E-state index in [0.29, 0.717) is 10.4 Å². The lowest BCUT2D eigenvalue weighted by molar-refractivity contribution is -0.139. The molecule has 0 aliphatic heterocycles. The van der Waals surface area contributed by atoms with Crippen molar-refractivity contribution in [2.75, 3.05) is 0 Å². The summed E-state index contributed by atoms with van der Waals surface area (Å²) in [5.74, 6) is -1.48. The van der Waals surface area contributed by atoms with Crippen LogP contribution in [0.2, 0.25) is 0 Å². The molecule has 1 heterocycles. The average molecular weight is 466 g/mol. The fraction of sp³-hybridized carbons (Fsp3) is 0.0769. The van der Waals surface area contributed by atoms with Gasteiger partial charge in [-0.25, -0.2) is 4.79 Å². The van der Waals surface area contributed by atoms with Gasteiger partial charge in [0.2, 0.25) is 0 Å². The minimum atomic E-state index is -1.08. The van der Waals surface area contributed by atoms with Crippen molar-refractivity contribution in [3.05, 3.63) is 54.2 Å². The van der Waals surface area contributed by atoms with Crippen LogP contribution in [0.5, 0.6) is 0 Å². The molecule has 1 amide bonds. The highest BCUT2D eigenvalue weighted by Gasteiger charge is 2.24. The van der Waals surface area contributed by atoms with Gasteiger partial charge in [0.1, 0.15) is 0 Å². The summed E-state index contributed by atoms with van der Waals surface area (Å²) in [5.41, 5.74) is 0.447. The van der Waals surface area contributed by atoms with Crippen LogP contribution in [0.1, 0.15) is 21.3 Å². The summed E-state index contributed by atoms with van der Waals surface area (Å²) in [6, 6.07) is 7.70. The Morgan fingerprint density at radius 2 is 2.10 bits per heavy atom. The first-order valence-corrected chi connectivity index (χ1v) is 8.26. The standard InChI is InChI=1S/C13H9BrINO3S/c14-7-3-4-9(15)8(6-7)12(17)16-11(13(18)19)10-2-1-5-20-10/h1-6,11H,(H,16,17)(H,18,19). The van der Waals surface area contributed by atoms with Gasteiger partial charge in [0.05, 0.1) is 5.56 Å². The maximum Gasteiger partial charge on any atom is 0.331 e. The van der Waals surface area contributed by atoms with E-state index >= 15 is 0 Å². The molecule has 0 saturated carbocycles. The van der Waals surface area contributed by atoms with Gasteiger partial charge in [0, 0.05) is 12.9 Å². The van der Waals surface area contributed by atoms with Gasteiger partial charge < -0.3 is 10.4 Å². The number of hydrogen-bond acceptors (Lipinski definition) is 3. The van der Waals surface area contributed by atoms with Crippen molar-refractivity contribution in [3.8, 4) is 0 Å². The molecule has 0 aliphatic rings. The van der Waals surface area contributed by atoms with Crippen LogP contribution in [-0.4, -0.2) is 17.0 Å². The van der Waals surface area contributed by atoms with Crippen LogP contribution in [0.4, 0.5) is 0 Å². The first kappa shape index (κ1) is 15.5. The Balaban J connectivity index is 2.25. The molecule has 1 aromatic carbocycles. The maximum atomic E-state index is 12.2. The SMILES string of the molecule is O=C(NC(C(=O)O)c1cccs1)c1cc(Br)ccc1I. The van der Waals surface area contributed by atoms with Crippen molar-refractivity contribution in [1.82, 2.24) is 5.32 Å². The molecule has 0 radical (unpaired) electrons. The molecule has 0 saturated heterocycles. The lowest BCUT2D eigenvalue weighted by Gasteiger charge is -2.14. The monoisotopic (exact) mass is 465 g/mol. The molecule has 2 N–H and O–H groups in total. The number of hydrogen-bond donors (Lipinski definition) is 2. The Morgan fingerprint density at radius 3 is 2.70 bits per heavy atom. The van der Waals surface area contributed by atoms with Crippen LogP contribution < -0.4 is 5.32 Å². The van der Waals surface area contributed by atoms with E-state index in [1.807, 2.05) is 28.7 Å². The third-order valence-corrected chi connectivity index (χ3v) is 4.89. The molecular formula is C13H9BrINO3S. The number of rotatable bonds is 4. The number of thiophene rings is 1. The smallest absolute Gasteiger partial charge is 0.331 e. The molecule has 20 heavy (non-hydrogen) atoms. The van der Waals surface area contributed by atoms with E-state index in [1.165, 1.54) is 11.3 Å². The first-order chi connectivity index (χ1) is 9.49. The summed E-state index contributed by atoms with van der Waals surface area (Å²) in [5, 5.41) is 13.6. The molecule has 2 rings (SSSR count). The second kappa shape index (κ2) is 6.68. The van der Waals surface area contributed by atoms with Crippen molar-refractivity contribution in [1.29, 1.82) is 0 Å². The van der Waals surface area contributed by atoms with Crippen molar-refractivity contribution >= 4 is 61.7 Å². The van der Waals surface area contributed by atoms with Crippen LogP contribution in [0.25, 0.3) is 0 Å². The van der Waals surface area contributed by atoms with E-state index in [2.05, 4.69) is 21.2 Å². The zero-order valence-corrected chi connectivity index (χ0v) is 14.5. The Labute approximate surface area is 141 Å². The third kappa shape index (κ3) is 3.58. The summed E-state index contributed by atoms with van der Waals surface area (Å²) in [4.78, 5) is 24.1. The summed E-state index contributed by atoms with van der Waals surface area (Å²) in [7, 11) is 0. The quantitative estimate of drug-likeness (QED) is 0.677. The number of carbonyl (C=O) groups excluding carboxylic acids is 1. The largest absolute Gasteiger partial charge is 0.479 e. The van der Waals surface area contributed by atoms with E-state index in [9.17, 15) is 14.7 Å². The predicted octanol–water partition coefficient (Wildman–Crippen LogP) is 3.67. The number of amides is 1. The molecule has 0 aliphatic carbocycles. The molecule has 0 fully saturated rings. The normalized spacial score (nSPS) is 11.9. The number of carboxylic acids is 1. The van der Waals surface area contributed by atoms with E-state index in [0.717, 1.165) is 8.04 Å². The molecule has 104 valence electrons. The lowest BCUT2D eigenvalue weighted by atomic mass is 10.2. The fourth-order valence-corrected chi connectivity index (χ4v) is 3.30. The van der Waals surface area contributed by atoms with Gasteiger partial charge >= 0.3 is 5.97 Å². The Morgan fingerprint density at radius 1 is 1.35 bits per heavy atom. The van der Waals surface area contributed by atoms with Crippen LogP contribution in [0.3, 0.4) is 0 Å². The van der Waals surface area contributed by atoms with Gasteiger partial charge in [0.25, 0.3) is 5.91 Å². The molecule has 7 heteroatoms. The van der Waals surface area contributed by atoms with Crippen molar-refractivity contribution in [2.24, 2.45) is 0 Å². The summed E-state index contributed by atoms with van der Waals surface area (Å²) < 4.78 is 1.53. The first-order valence-electron chi connectivity index (χ1n) is 5.51. The van der Waals surface area contributed by atoms with Crippen LogP contribution >= 0.6 is 49.9 Å². The van der Waals surface area contributed by atoms with Gasteiger partial charge in [-0.2, -0.15) is 0 Å². The molecule has 1 atom stereocenters. The van der Waals surface area contributed by atoms with Crippen molar-refractivity contribution < 1.29 is 14.7 Å². The van der Waals surface area contributed by atoms with Crippen LogP contribution in [0.15, 0.2) is 40.2 Å². The molecule has 0 spiro atoms. The molecule has 0 bridgehead atoms. The zero-order chi connectivity index (χ0) is 14.7. The number of halogens is 2. The number of carbonyl (C=O) groups is 2. The molecular weight excluding hydrogens is 457 g/mol. The van der Waals surface area contributed by atoms with Gasteiger partial charge in [-0.3, -0.25) is 4.79 Å². The van der Waals surface area contributed by atoms with Crippen molar-refractivity contribution in [2.45, 2.75) is 6.04 Å². The second-order valence-electron chi connectivity index (χ2n) is 3.88. The third-order valence-electron chi connectivity index (χ3n) is 2.52. The molecule has 4 nitrogen and oxygen atoms in total. The second-order valence-corrected chi connectivity index (χ2v) is 6.94. The highest BCUT2D eigenvalue weighted by molar-refractivity contribution is 14.1. The number of benzene rings is 1. The Kier molecular flexibility index (Phi) is 5.17. The molecule has 1 unspecified atom stereocenters. The minimum absolute atomic E-state index is 0.406. The van der Waals surface area contributed by atoms with E-state index in [-0.39, 0.29) is 0 Å². The number of nitrogens with one attached hydrogen (secondary N) is 1. The molecule has 1 aromatic heterocycles. The summed E-state index contributed by atoms with van der Waals surface area (Å²) in [6.45, 7) is 0. The topological polar surface area (TPSA) is 66.4 Å². The lowest BCUT2D eigenvalue weighted by Crippen LogP contribution is -2.33. The molecule has 2 aromatic rings. The van der Waals surface area contributed by atoms with Gasteiger partial charge in [-0.15, -0.1) is 11.3 Å². The van der Waals surface area contributed by atoms with Crippen LogP contribution in [0, 0.1) is 3.57 Å². The number of carboxylic acid groups (broad SMARTS) is 1. The zero-order valence-electron chi connectivity index (χ0n) is 9.97. The Bertz CT molecular complexity index is 645. The predicted molar refractivity (Wildman–Crippen MR) is 89.0 cm³/mol. The van der Waals surface area contributed by atoms with Gasteiger partial charge in [0.15, 0.2) is 6.04 Å². The van der Waals surface area contributed by atoms with Crippen LogP contribution in [-0.2, 0) is 4.79 Å². The summed E-state index contributed by atoms with van der Waals surface area (Å²) >= 11 is 6.64. The summed E-state index contributed by atoms with van der Waals surface area (Å²) in [6.07, 6.45) is 0. The van der Waals surface area contributed by atoms with Crippen molar-refractivity contribution in [3.63, 3.8) is 0 Å². The van der Waals surface area contributed by atoms with E-state index < -0.39 is 17.9 Å². The number of aliphatic carboxylic acids is 1. The average Bonchev–Trinajstić information content (AvgIpc) is 2.91. The van der Waals surface area contributed by atoms with Gasteiger partial charge in [-0.05, 0) is 52.2 Å². The highest BCUT2D eigenvalue weighted by atomic mass is 127. The van der Waals surface area contributed by atoms with Gasteiger partial charge in [-0.1, -0.05) is 22.0 Å². The fourth-order valence-electron chi connectivity index (χ4n) is 1.59. The van der Waals surface area contributed by atoms with E-state index in [1.54, 1.807) is 29.6 Å².